The lowest BCUT2D eigenvalue weighted by Crippen LogP contribution is -2.42. The van der Waals surface area contributed by atoms with Gasteiger partial charge >= 0.3 is 0 Å². The van der Waals surface area contributed by atoms with E-state index in [4.69, 9.17) is 14.5 Å². The highest BCUT2D eigenvalue weighted by Gasteiger charge is 2.51. The summed E-state index contributed by atoms with van der Waals surface area (Å²) in [6.45, 7) is 6.47. The van der Waals surface area contributed by atoms with Crippen LogP contribution in [0.3, 0.4) is 0 Å². The maximum atomic E-state index is 6.38. The van der Waals surface area contributed by atoms with Crippen molar-refractivity contribution in [3.63, 3.8) is 0 Å². The minimum Gasteiger partial charge on any atom is -0.458 e. The quantitative estimate of drug-likeness (QED) is 0.789. The van der Waals surface area contributed by atoms with Crippen molar-refractivity contribution in [3.05, 3.63) is 35.2 Å². The molecule has 1 aromatic carbocycles. The lowest BCUT2D eigenvalue weighted by atomic mass is 9.94. The first-order valence-corrected chi connectivity index (χ1v) is 7.85. The van der Waals surface area contributed by atoms with Crippen LogP contribution in [-0.4, -0.2) is 32.6 Å². The van der Waals surface area contributed by atoms with E-state index in [-0.39, 0.29) is 5.92 Å². The third kappa shape index (κ3) is 2.94. The standard InChI is InChI=1S/C16H22N4O3/c1-5-9-16(22-14-11(2)7-6-8-12(14)3)13(10-21-23-16)15-17-19-20(4)18-15/h6-8,13H,5,9-10H2,1-4H3. The summed E-state index contributed by atoms with van der Waals surface area (Å²) in [7, 11) is 1.74. The molecule has 1 aliphatic rings. The van der Waals surface area contributed by atoms with E-state index in [1.165, 1.54) is 4.80 Å². The number of para-hydroxylation sites is 1. The van der Waals surface area contributed by atoms with Crippen molar-refractivity contribution >= 4 is 0 Å². The summed E-state index contributed by atoms with van der Waals surface area (Å²) in [6.07, 6.45) is 1.55. The fourth-order valence-electron chi connectivity index (χ4n) is 2.93. The summed E-state index contributed by atoms with van der Waals surface area (Å²) >= 11 is 0. The molecule has 124 valence electrons. The van der Waals surface area contributed by atoms with Gasteiger partial charge in [-0.15, -0.1) is 10.2 Å². The summed E-state index contributed by atoms with van der Waals surface area (Å²) in [5.74, 6) is 0.231. The molecule has 0 amide bonds. The molecule has 1 fully saturated rings. The number of aromatic nitrogens is 4. The van der Waals surface area contributed by atoms with Crippen molar-refractivity contribution < 1.29 is 14.5 Å². The van der Waals surface area contributed by atoms with Gasteiger partial charge in [-0.3, -0.25) is 0 Å². The highest BCUT2D eigenvalue weighted by atomic mass is 17.2. The first kappa shape index (κ1) is 15.9. The molecule has 2 atom stereocenters. The zero-order valence-corrected chi connectivity index (χ0v) is 13.9. The van der Waals surface area contributed by atoms with E-state index in [9.17, 15) is 0 Å². The van der Waals surface area contributed by atoms with E-state index in [1.807, 2.05) is 32.0 Å². The SMILES string of the molecule is CCCC1(Oc2c(C)cccc2C)OOCC1c1nnn(C)n1. The van der Waals surface area contributed by atoms with Crippen molar-refractivity contribution in [3.8, 4) is 5.75 Å². The van der Waals surface area contributed by atoms with Gasteiger partial charge in [0, 0.05) is 6.42 Å². The molecule has 23 heavy (non-hydrogen) atoms. The Morgan fingerprint density at radius 1 is 1.35 bits per heavy atom. The first-order chi connectivity index (χ1) is 11.1. The Balaban J connectivity index is 1.98. The predicted octanol–water partition coefficient (Wildman–Crippen LogP) is 2.45. The van der Waals surface area contributed by atoms with E-state index in [0.29, 0.717) is 18.9 Å². The second-order valence-electron chi connectivity index (χ2n) is 5.94. The monoisotopic (exact) mass is 318 g/mol. The lowest BCUT2D eigenvalue weighted by molar-refractivity contribution is -0.361. The molecule has 3 rings (SSSR count). The average Bonchev–Trinajstić information content (AvgIpc) is 3.10. The second kappa shape index (κ2) is 6.25. The molecule has 1 saturated heterocycles. The van der Waals surface area contributed by atoms with Crippen molar-refractivity contribution in [2.75, 3.05) is 6.61 Å². The van der Waals surface area contributed by atoms with Crippen LogP contribution in [0.2, 0.25) is 0 Å². The number of benzene rings is 1. The van der Waals surface area contributed by atoms with Gasteiger partial charge in [0.25, 0.3) is 5.79 Å². The molecular weight excluding hydrogens is 296 g/mol. The number of rotatable bonds is 5. The molecule has 0 saturated carbocycles. The molecule has 1 aliphatic heterocycles. The highest BCUT2D eigenvalue weighted by Crippen LogP contribution is 2.42. The van der Waals surface area contributed by atoms with Crippen LogP contribution in [0.4, 0.5) is 0 Å². The minimum atomic E-state index is -0.936. The van der Waals surface area contributed by atoms with E-state index in [0.717, 1.165) is 23.3 Å². The molecule has 2 heterocycles. The number of ether oxygens (including phenoxy) is 1. The molecule has 2 unspecified atom stereocenters. The van der Waals surface area contributed by atoms with E-state index >= 15 is 0 Å². The Kier molecular flexibility index (Phi) is 4.32. The zero-order chi connectivity index (χ0) is 16.4. The van der Waals surface area contributed by atoms with Crippen molar-refractivity contribution in [1.82, 2.24) is 20.2 Å². The number of nitrogens with zero attached hydrogens (tertiary/aromatic N) is 4. The summed E-state index contributed by atoms with van der Waals surface area (Å²) < 4.78 is 6.38. The fraction of sp³-hybridized carbons (Fsp3) is 0.562. The van der Waals surface area contributed by atoms with Crippen LogP contribution in [0.5, 0.6) is 5.75 Å². The van der Waals surface area contributed by atoms with Crippen molar-refractivity contribution in [2.24, 2.45) is 7.05 Å². The van der Waals surface area contributed by atoms with Gasteiger partial charge in [0.1, 0.15) is 11.7 Å². The largest absolute Gasteiger partial charge is 0.458 e. The number of hydrogen-bond acceptors (Lipinski definition) is 6. The summed E-state index contributed by atoms with van der Waals surface area (Å²) in [6, 6.07) is 6.05. The van der Waals surface area contributed by atoms with Crippen LogP contribution in [0.1, 0.15) is 42.6 Å². The Hall–Kier alpha value is -1.99. The summed E-state index contributed by atoms with van der Waals surface area (Å²) in [5.41, 5.74) is 2.11. The van der Waals surface area contributed by atoms with Gasteiger partial charge in [-0.1, -0.05) is 25.1 Å². The molecule has 0 spiro atoms. The van der Waals surface area contributed by atoms with E-state index in [1.54, 1.807) is 7.05 Å². The van der Waals surface area contributed by atoms with Gasteiger partial charge in [0.2, 0.25) is 0 Å². The third-order valence-electron chi connectivity index (χ3n) is 4.08. The smallest absolute Gasteiger partial charge is 0.253 e. The van der Waals surface area contributed by atoms with Crippen LogP contribution >= 0.6 is 0 Å². The van der Waals surface area contributed by atoms with Crippen LogP contribution in [0.15, 0.2) is 18.2 Å². The van der Waals surface area contributed by atoms with Gasteiger partial charge < -0.3 is 4.74 Å². The van der Waals surface area contributed by atoms with Crippen LogP contribution < -0.4 is 4.74 Å². The molecule has 0 aliphatic carbocycles. The molecule has 0 N–H and O–H groups in total. The van der Waals surface area contributed by atoms with Gasteiger partial charge in [-0.05, 0) is 36.6 Å². The minimum absolute atomic E-state index is 0.227. The van der Waals surface area contributed by atoms with Crippen LogP contribution in [0.25, 0.3) is 0 Å². The fourth-order valence-corrected chi connectivity index (χ4v) is 2.93. The molecule has 7 heteroatoms. The zero-order valence-electron chi connectivity index (χ0n) is 13.9. The molecule has 7 nitrogen and oxygen atoms in total. The normalized spacial score (nSPS) is 24.1. The average molecular weight is 318 g/mol. The number of tetrazole rings is 1. The highest BCUT2D eigenvalue weighted by molar-refractivity contribution is 5.40. The number of hydrogen-bond donors (Lipinski definition) is 0. The van der Waals surface area contributed by atoms with Crippen LogP contribution in [0, 0.1) is 13.8 Å². The Morgan fingerprint density at radius 2 is 2.09 bits per heavy atom. The van der Waals surface area contributed by atoms with Gasteiger partial charge in [0.15, 0.2) is 5.82 Å². The van der Waals surface area contributed by atoms with E-state index in [2.05, 4.69) is 22.3 Å². The first-order valence-electron chi connectivity index (χ1n) is 7.85. The second-order valence-corrected chi connectivity index (χ2v) is 5.94. The molecule has 2 aromatic rings. The lowest BCUT2D eigenvalue weighted by Gasteiger charge is -2.32. The molecule has 0 radical (unpaired) electrons. The maximum Gasteiger partial charge on any atom is 0.253 e. The summed E-state index contributed by atoms with van der Waals surface area (Å²) in [5, 5.41) is 12.4. The van der Waals surface area contributed by atoms with Crippen molar-refractivity contribution in [1.29, 1.82) is 0 Å². The predicted molar refractivity (Wildman–Crippen MR) is 82.8 cm³/mol. The third-order valence-corrected chi connectivity index (χ3v) is 4.08. The van der Waals surface area contributed by atoms with Crippen LogP contribution in [-0.2, 0) is 16.8 Å². The molecular formula is C16H22N4O3. The topological polar surface area (TPSA) is 71.3 Å². The Bertz CT molecular complexity index is 667. The molecule has 0 bridgehead atoms. The Labute approximate surface area is 135 Å². The van der Waals surface area contributed by atoms with Crippen molar-refractivity contribution in [2.45, 2.75) is 45.3 Å². The summed E-state index contributed by atoms with van der Waals surface area (Å²) in [4.78, 5) is 12.4. The Morgan fingerprint density at radius 3 is 2.70 bits per heavy atom. The van der Waals surface area contributed by atoms with Gasteiger partial charge in [-0.2, -0.15) is 9.68 Å². The maximum absolute atomic E-state index is 6.38. The van der Waals surface area contributed by atoms with Gasteiger partial charge in [-0.25, -0.2) is 4.89 Å². The number of aryl methyl sites for hydroxylation is 3. The van der Waals surface area contributed by atoms with E-state index < -0.39 is 5.79 Å². The van der Waals surface area contributed by atoms with Gasteiger partial charge in [0.05, 0.1) is 13.7 Å². The molecule has 1 aromatic heterocycles.